The molecule has 1 aromatic carbocycles. The number of benzene rings is 1. The Labute approximate surface area is 126 Å². The zero-order valence-electron chi connectivity index (χ0n) is 12.7. The fourth-order valence-electron chi connectivity index (χ4n) is 2.68. The number of pyridine rings is 1. The molecule has 0 N–H and O–H groups in total. The molecule has 0 unspecified atom stereocenters. The predicted octanol–water partition coefficient (Wildman–Crippen LogP) is 4.80. The molecule has 0 amide bonds. The van der Waals surface area contributed by atoms with Gasteiger partial charge in [-0.2, -0.15) is 0 Å². The second-order valence-electron chi connectivity index (χ2n) is 5.53. The van der Waals surface area contributed by atoms with E-state index in [1.807, 2.05) is 18.2 Å². The van der Waals surface area contributed by atoms with Crippen LogP contribution in [0.1, 0.15) is 35.7 Å². The Kier molecular flexibility index (Phi) is 3.38. The Balaban J connectivity index is 1.97. The first-order valence-electron chi connectivity index (χ1n) is 7.31. The Morgan fingerprint density at radius 1 is 1.29 bits per heavy atom. The van der Waals surface area contributed by atoms with Crippen LogP contribution in [0.25, 0.3) is 11.3 Å². The molecule has 0 radical (unpaired) electrons. The first kappa shape index (κ1) is 13.6. The number of rotatable bonds is 3. The second-order valence-corrected chi connectivity index (χ2v) is 5.53. The zero-order valence-corrected chi connectivity index (χ0v) is 12.7. The Bertz CT molecular complexity index is 728. The second kappa shape index (κ2) is 5.21. The summed E-state index contributed by atoms with van der Waals surface area (Å²) in [6.07, 6.45) is 0.914. The first-order valence-corrected chi connectivity index (χ1v) is 7.31. The SMILES string of the molecule is C=C(CC)c1cccc(N2Cc3ccc(C)cc3C2=C)n1. The molecule has 2 aromatic rings. The highest BCUT2D eigenvalue weighted by Crippen LogP contribution is 2.35. The Hall–Kier alpha value is -2.35. The lowest BCUT2D eigenvalue weighted by Crippen LogP contribution is -2.15. The van der Waals surface area contributed by atoms with Gasteiger partial charge in [0.25, 0.3) is 0 Å². The number of nitrogens with zero attached hydrogens (tertiary/aromatic N) is 2. The topological polar surface area (TPSA) is 16.1 Å². The minimum atomic E-state index is 0.837. The monoisotopic (exact) mass is 276 g/mol. The van der Waals surface area contributed by atoms with Crippen molar-refractivity contribution in [3.05, 3.63) is 71.9 Å². The number of allylic oxidation sites excluding steroid dienone is 1. The highest BCUT2D eigenvalue weighted by Gasteiger charge is 2.24. The van der Waals surface area contributed by atoms with Crippen LogP contribution in [0.4, 0.5) is 5.82 Å². The van der Waals surface area contributed by atoms with Gasteiger partial charge >= 0.3 is 0 Å². The van der Waals surface area contributed by atoms with Crippen LogP contribution in [0.5, 0.6) is 0 Å². The van der Waals surface area contributed by atoms with Gasteiger partial charge in [-0.15, -0.1) is 0 Å². The lowest BCUT2D eigenvalue weighted by Gasteiger charge is -2.19. The maximum atomic E-state index is 4.75. The van der Waals surface area contributed by atoms with Crippen LogP contribution in [0.3, 0.4) is 0 Å². The van der Waals surface area contributed by atoms with Gasteiger partial charge in [0, 0.05) is 11.3 Å². The average molecular weight is 276 g/mol. The molecule has 2 heterocycles. The molecule has 0 saturated carbocycles. The van der Waals surface area contributed by atoms with Gasteiger partial charge in [-0.05, 0) is 42.7 Å². The van der Waals surface area contributed by atoms with E-state index in [0.29, 0.717) is 0 Å². The lowest BCUT2D eigenvalue weighted by atomic mass is 10.1. The van der Waals surface area contributed by atoms with E-state index >= 15 is 0 Å². The Morgan fingerprint density at radius 3 is 2.86 bits per heavy atom. The summed E-state index contributed by atoms with van der Waals surface area (Å²) in [5.41, 5.74) is 6.87. The number of hydrogen-bond acceptors (Lipinski definition) is 2. The molecular formula is C19H20N2. The summed E-state index contributed by atoms with van der Waals surface area (Å²) in [6.45, 7) is 13.4. The lowest BCUT2D eigenvalue weighted by molar-refractivity contribution is 0.996. The third kappa shape index (κ3) is 2.38. The largest absolute Gasteiger partial charge is 0.322 e. The van der Waals surface area contributed by atoms with Crippen molar-refractivity contribution in [1.29, 1.82) is 0 Å². The molecular weight excluding hydrogens is 256 g/mol. The van der Waals surface area contributed by atoms with E-state index in [1.165, 1.54) is 16.7 Å². The first-order chi connectivity index (χ1) is 10.1. The standard InChI is InChI=1S/C19H20N2/c1-5-14(3)18-7-6-8-19(20-18)21-12-16-10-9-13(2)11-17(16)15(21)4/h6-11H,3-5,12H2,1-2H3. The third-order valence-corrected chi connectivity index (χ3v) is 4.03. The van der Waals surface area contributed by atoms with Crippen LogP contribution >= 0.6 is 0 Å². The van der Waals surface area contributed by atoms with Crippen molar-refractivity contribution in [2.24, 2.45) is 0 Å². The summed E-state index contributed by atoms with van der Waals surface area (Å²) in [6, 6.07) is 12.6. The minimum Gasteiger partial charge on any atom is -0.322 e. The predicted molar refractivity (Wildman–Crippen MR) is 90.0 cm³/mol. The number of anilines is 1. The van der Waals surface area contributed by atoms with Crippen LogP contribution in [0.15, 0.2) is 49.6 Å². The van der Waals surface area contributed by atoms with Gasteiger partial charge in [0.1, 0.15) is 5.82 Å². The van der Waals surface area contributed by atoms with Crippen LogP contribution in [0.2, 0.25) is 0 Å². The summed E-state index contributed by atoms with van der Waals surface area (Å²) >= 11 is 0. The van der Waals surface area contributed by atoms with Gasteiger partial charge in [-0.25, -0.2) is 4.98 Å². The minimum absolute atomic E-state index is 0.837. The van der Waals surface area contributed by atoms with Crippen molar-refractivity contribution in [1.82, 2.24) is 4.98 Å². The molecule has 1 aliphatic rings. The number of hydrogen-bond donors (Lipinski definition) is 0. The molecule has 0 atom stereocenters. The number of aromatic nitrogens is 1. The van der Waals surface area contributed by atoms with Crippen molar-refractivity contribution < 1.29 is 0 Å². The number of fused-ring (bicyclic) bond motifs is 1. The van der Waals surface area contributed by atoms with E-state index in [-0.39, 0.29) is 0 Å². The molecule has 0 spiro atoms. The summed E-state index contributed by atoms with van der Waals surface area (Å²) < 4.78 is 0. The fraction of sp³-hybridized carbons (Fsp3) is 0.211. The molecule has 0 bridgehead atoms. The van der Waals surface area contributed by atoms with Gasteiger partial charge in [0.2, 0.25) is 0 Å². The Morgan fingerprint density at radius 2 is 2.10 bits per heavy atom. The molecule has 1 aliphatic heterocycles. The maximum Gasteiger partial charge on any atom is 0.133 e. The van der Waals surface area contributed by atoms with Crippen molar-refractivity contribution >= 4 is 17.1 Å². The van der Waals surface area contributed by atoms with E-state index in [4.69, 9.17) is 4.98 Å². The zero-order chi connectivity index (χ0) is 15.0. The normalized spacial score (nSPS) is 13.4. The smallest absolute Gasteiger partial charge is 0.133 e. The number of aryl methyl sites for hydroxylation is 1. The van der Waals surface area contributed by atoms with Gasteiger partial charge in [-0.1, -0.05) is 43.8 Å². The third-order valence-electron chi connectivity index (χ3n) is 4.03. The highest BCUT2D eigenvalue weighted by atomic mass is 15.2. The van der Waals surface area contributed by atoms with E-state index in [9.17, 15) is 0 Å². The highest BCUT2D eigenvalue weighted by molar-refractivity contribution is 5.83. The maximum absolute atomic E-state index is 4.75. The average Bonchev–Trinajstić information content (AvgIpc) is 2.83. The van der Waals surface area contributed by atoms with E-state index in [0.717, 1.165) is 35.7 Å². The van der Waals surface area contributed by atoms with Gasteiger partial charge in [0.15, 0.2) is 0 Å². The summed E-state index contributed by atoms with van der Waals surface area (Å²) in [5, 5.41) is 0. The molecule has 0 fully saturated rings. The summed E-state index contributed by atoms with van der Waals surface area (Å²) in [4.78, 5) is 6.92. The molecule has 2 heteroatoms. The summed E-state index contributed by atoms with van der Waals surface area (Å²) in [5.74, 6) is 0.945. The quantitative estimate of drug-likeness (QED) is 0.800. The van der Waals surface area contributed by atoms with Crippen LogP contribution in [-0.4, -0.2) is 4.98 Å². The molecule has 0 saturated heterocycles. The van der Waals surface area contributed by atoms with Crippen LogP contribution in [0, 0.1) is 6.92 Å². The van der Waals surface area contributed by atoms with Gasteiger partial charge in [0.05, 0.1) is 12.2 Å². The fourth-order valence-corrected chi connectivity index (χ4v) is 2.68. The van der Waals surface area contributed by atoms with Crippen molar-refractivity contribution in [2.45, 2.75) is 26.8 Å². The van der Waals surface area contributed by atoms with Crippen molar-refractivity contribution in [2.75, 3.05) is 4.90 Å². The molecule has 2 nitrogen and oxygen atoms in total. The molecule has 1 aromatic heterocycles. The molecule has 0 aliphatic carbocycles. The van der Waals surface area contributed by atoms with Gasteiger partial charge in [-0.3, -0.25) is 0 Å². The van der Waals surface area contributed by atoms with Crippen LogP contribution < -0.4 is 4.90 Å². The van der Waals surface area contributed by atoms with E-state index in [1.54, 1.807) is 0 Å². The molecule has 21 heavy (non-hydrogen) atoms. The van der Waals surface area contributed by atoms with Crippen molar-refractivity contribution in [3.8, 4) is 0 Å². The van der Waals surface area contributed by atoms with E-state index in [2.05, 4.69) is 50.1 Å². The molecule has 3 rings (SSSR count). The van der Waals surface area contributed by atoms with Crippen LogP contribution in [-0.2, 0) is 6.54 Å². The van der Waals surface area contributed by atoms with Crippen molar-refractivity contribution in [3.63, 3.8) is 0 Å². The summed E-state index contributed by atoms with van der Waals surface area (Å²) in [7, 11) is 0. The van der Waals surface area contributed by atoms with Gasteiger partial charge < -0.3 is 4.90 Å². The molecule has 106 valence electrons. The van der Waals surface area contributed by atoms with E-state index < -0.39 is 0 Å².